The van der Waals surface area contributed by atoms with Crippen molar-refractivity contribution in [2.45, 2.75) is 13.8 Å². The van der Waals surface area contributed by atoms with Crippen molar-refractivity contribution < 1.29 is 4.74 Å². The number of nitrogens with zero attached hydrogens (tertiary/aromatic N) is 2. The van der Waals surface area contributed by atoms with E-state index in [9.17, 15) is 0 Å². The Morgan fingerprint density at radius 1 is 1.16 bits per heavy atom. The molecule has 96 valence electrons. The first-order valence-electron chi connectivity index (χ1n) is 5.98. The maximum Gasteiger partial charge on any atom is 0.238 e. The number of nitrogens with two attached hydrogens (primary N) is 1. The van der Waals surface area contributed by atoms with Crippen molar-refractivity contribution in [2.75, 3.05) is 5.73 Å². The van der Waals surface area contributed by atoms with Gasteiger partial charge in [-0.05, 0) is 32.0 Å². The Morgan fingerprint density at radius 3 is 2.74 bits per heavy atom. The summed E-state index contributed by atoms with van der Waals surface area (Å²) in [5.41, 5.74) is 9.20. The van der Waals surface area contributed by atoms with Crippen molar-refractivity contribution >= 4 is 16.6 Å². The van der Waals surface area contributed by atoms with Crippen molar-refractivity contribution in [1.29, 1.82) is 0 Å². The first-order chi connectivity index (χ1) is 9.11. The molecule has 3 rings (SSSR count). The van der Waals surface area contributed by atoms with E-state index in [2.05, 4.69) is 15.2 Å². The number of anilines is 1. The molecule has 0 radical (unpaired) electrons. The minimum absolute atomic E-state index is 0.534. The van der Waals surface area contributed by atoms with Crippen molar-refractivity contribution in [3.05, 3.63) is 41.7 Å². The van der Waals surface area contributed by atoms with Gasteiger partial charge in [0.2, 0.25) is 5.88 Å². The third-order valence-electron chi connectivity index (χ3n) is 2.82. The quantitative estimate of drug-likeness (QED) is 0.689. The van der Waals surface area contributed by atoms with Gasteiger partial charge in [0.25, 0.3) is 0 Å². The zero-order chi connectivity index (χ0) is 13.4. The number of ether oxygens (including phenoxy) is 1. The highest BCUT2D eigenvalue weighted by atomic mass is 16.5. The number of aromatic nitrogens is 3. The molecule has 0 saturated heterocycles. The maximum atomic E-state index is 5.82. The van der Waals surface area contributed by atoms with E-state index in [0.717, 1.165) is 22.3 Å². The van der Waals surface area contributed by atoms with Gasteiger partial charge in [0.15, 0.2) is 0 Å². The van der Waals surface area contributed by atoms with Crippen LogP contribution < -0.4 is 10.5 Å². The largest absolute Gasteiger partial charge is 0.437 e. The molecule has 0 unspecified atom stereocenters. The number of aromatic amines is 1. The Labute approximate surface area is 110 Å². The molecule has 0 amide bonds. The van der Waals surface area contributed by atoms with Crippen LogP contribution in [0.15, 0.2) is 30.3 Å². The van der Waals surface area contributed by atoms with Crippen LogP contribution in [0, 0.1) is 13.8 Å². The van der Waals surface area contributed by atoms with Crippen LogP contribution in [0.5, 0.6) is 11.6 Å². The van der Waals surface area contributed by atoms with Gasteiger partial charge in [-0.3, -0.25) is 10.1 Å². The van der Waals surface area contributed by atoms with Crippen molar-refractivity contribution in [3.63, 3.8) is 0 Å². The second-order valence-corrected chi connectivity index (χ2v) is 4.53. The summed E-state index contributed by atoms with van der Waals surface area (Å²) in [6.45, 7) is 3.85. The van der Waals surface area contributed by atoms with Crippen LogP contribution in [0.2, 0.25) is 0 Å². The third kappa shape index (κ3) is 2.22. The molecule has 0 atom stereocenters. The molecule has 0 fully saturated rings. The molecule has 5 heteroatoms. The minimum atomic E-state index is 0.534. The maximum absolute atomic E-state index is 5.82. The fourth-order valence-electron chi connectivity index (χ4n) is 1.98. The normalized spacial score (nSPS) is 10.8. The van der Waals surface area contributed by atoms with Crippen molar-refractivity contribution in [2.24, 2.45) is 0 Å². The molecule has 2 heterocycles. The highest BCUT2D eigenvalue weighted by Gasteiger charge is 2.08. The predicted molar refractivity (Wildman–Crippen MR) is 74.3 cm³/mol. The fraction of sp³-hybridized carbons (Fsp3) is 0.143. The molecule has 3 N–H and O–H groups in total. The topological polar surface area (TPSA) is 76.8 Å². The zero-order valence-corrected chi connectivity index (χ0v) is 10.8. The van der Waals surface area contributed by atoms with E-state index >= 15 is 0 Å². The summed E-state index contributed by atoms with van der Waals surface area (Å²) in [6, 6.07) is 9.30. The van der Waals surface area contributed by atoms with E-state index < -0.39 is 0 Å². The molecule has 0 aliphatic rings. The highest BCUT2D eigenvalue weighted by molar-refractivity contribution is 5.88. The SMILES string of the molecule is Cc1cc(Oc2cc(C)[nH]n2)c2cc(N)ccc2n1. The number of benzene rings is 1. The zero-order valence-electron chi connectivity index (χ0n) is 10.8. The van der Waals surface area contributed by atoms with Crippen LogP contribution in [0.1, 0.15) is 11.4 Å². The van der Waals surface area contributed by atoms with Gasteiger partial charge in [0, 0.05) is 34.6 Å². The number of pyridine rings is 1. The van der Waals surface area contributed by atoms with Crippen molar-refractivity contribution in [3.8, 4) is 11.6 Å². The average molecular weight is 254 g/mol. The van der Waals surface area contributed by atoms with Crippen LogP contribution in [0.3, 0.4) is 0 Å². The molecule has 2 aromatic heterocycles. The number of H-pyrrole nitrogens is 1. The second kappa shape index (κ2) is 4.28. The predicted octanol–water partition coefficient (Wildman–Crippen LogP) is 2.95. The van der Waals surface area contributed by atoms with Gasteiger partial charge in [-0.25, -0.2) is 0 Å². The lowest BCUT2D eigenvalue weighted by molar-refractivity contribution is 0.466. The average Bonchev–Trinajstić information content (AvgIpc) is 2.76. The number of fused-ring (bicyclic) bond motifs is 1. The summed E-state index contributed by atoms with van der Waals surface area (Å²) in [7, 11) is 0. The third-order valence-corrected chi connectivity index (χ3v) is 2.82. The van der Waals surface area contributed by atoms with E-state index in [-0.39, 0.29) is 0 Å². The first kappa shape index (κ1) is 11.5. The van der Waals surface area contributed by atoms with Gasteiger partial charge < -0.3 is 10.5 Å². The molecule has 0 saturated carbocycles. The highest BCUT2D eigenvalue weighted by Crippen LogP contribution is 2.30. The number of nitrogens with one attached hydrogen (secondary N) is 1. The Bertz CT molecular complexity index is 748. The molecule has 19 heavy (non-hydrogen) atoms. The number of hydrogen-bond acceptors (Lipinski definition) is 4. The lowest BCUT2D eigenvalue weighted by atomic mass is 10.1. The van der Waals surface area contributed by atoms with E-state index in [1.54, 1.807) is 0 Å². The first-order valence-corrected chi connectivity index (χ1v) is 5.98. The molecule has 3 aromatic rings. The number of aryl methyl sites for hydroxylation is 2. The summed E-state index contributed by atoms with van der Waals surface area (Å²) in [5, 5.41) is 7.80. The van der Waals surface area contributed by atoms with Crippen molar-refractivity contribution in [1.82, 2.24) is 15.2 Å². The molecule has 1 aromatic carbocycles. The van der Waals surface area contributed by atoms with Gasteiger partial charge in [0.05, 0.1) is 5.52 Å². The van der Waals surface area contributed by atoms with Crippen LogP contribution in [-0.2, 0) is 0 Å². The summed E-state index contributed by atoms with van der Waals surface area (Å²) in [5.74, 6) is 1.24. The molecular weight excluding hydrogens is 240 g/mol. The lowest BCUT2D eigenvalue weighted by Gasteiger charge is -2.08. The Kier molecular flexibility index (Phi) is 2.59. The fourth-order valence-corrected chi connectivity index (χ4v) is 1.98. The number of rotatable bonds is 2. The second-order valence-electron chi connectivity index (χ2n) is 4.53. The molecule has 0 spiro atoms. The van der Waals surface area contributed by atoms with Crippen LogP contribution in [-0.4, -0.2) is 15.2 Å². The van der Waals surface area contributed by atoms with Gasteiger partial charge in [0.1, 0.15) is 5.75 Å². The van der Waals surface area contributed by atoms with Crippen LogP contribution >= 0.6 is 0 Å². The molecule has 5 nitrogen and oxygen atoms in total. The lowest BCUT2D eigenvalue weighted by Crippen LogP contribution is -1.92. The summed E-state index contributed by atoms with van der Waals surface area (Å²) in [4.78, 5) is 4.46. The standard InChI is InChI=1S/C14H14N4O/c1-8-5-13(19-14-6-9(2)17-18-14)11-7-10(15)3-4-12(11)16-8/h3-7H,15H2,1-2H3,(H,17,18). The van der Waals surface area contributed by atoms with E-state index in [1.807, 2.05) is 44.2 Å². The smallest absolute Gasteiger partial charge is 0.238 e. The summed E-state index contributed by atoms with van der Waals surface area (Å²) >= 11 is 0. The van der Waals surface area contributed by atoms with E-state index in [0.29, 0.717) is 17.3 Å². The molecular formula is C14H14N4O. The van der Waals surface area contributed by atoms with E-state index in [4.69, 9.17) is 10.5 Å². The summed E-state index contributed by atoms with van der Waals surface area (Å²) < 4.78 is 5.81. The Morgan fingerprint density at radius 2 is 2.00 bits per heavy atom. The number of nitrogen functional groups attached to an aromatic ring is 1. The van der Waals surface area contributed by atoms with E-state index in [1.165, 1.54) is 0 Å². The molecule has 0 bridgehead atoms. The number of hydrogen-bond donors (Lipinski definition) is 2. The van der Waals surface area contributed by atoms with Gasteiger partial charge in [-0.15, -0.1) is 5.10 Å². The summed E-state index contributed by atoms with van der Waals surface area (Å²) in [6.07, 6.45) is 0. The Hall–Kier alpha value is -2.56. The molecule has 0 aliphatic carbocycles. The Balaban J connectivity index is 2.13. The monoisotopic (exact) mass is 254 g/mol. The van der Waals surface area contributed by atoms with Gasteiger partial charge in [-0.2, -0.15) is 0 Å². The molecule has 0 aliphatic heterocycles. The van der Waals surface area contributed by atoms with Crippen LogP contribution in [0.25, 0.3) is 10.9 Å². The van der Waals surface area contributed by atoms with Crippen LogP contribution in [0.4, 0.5) is 5.69 Å². The van der Waals surface area contributed by atoms with Gasteiger partial charge >= 0.3 is 0 Å². The van der Waals surface area contributed by atoms with Gasteiger partial charge in [-0.1, -0.05) is 0 Å². The minimum Gasteiger partial charge on any atom is -0.437 e.